The summed E-state index contributed by atoms with van der Waals surface area (Å²) in [5.74, 6) is 1.33. The van der Waals surface area contributed by atoms with E-state index in [1.54, 1.807) is 12.1 Å². The Labute approximate surface area is 155 Å². The first kappa shape index (κ1) is 18.0. The molecular formula is C22H26ClNO. The molecule has 1 aliphatic rings. The molecule has 1 atom stereocenters. The summed E-state index contributed by atoms with van der Waals surface area (Å²) < 4.78 is 0. The summed E-state index contributed by atoms with van der Waals surface area (Å²) in [6.45, 7) is 10.9. The van der Waals surface area contributed by atoms with Crippen molar-refractivity contribution in [1.29, 1.82) is 0 Å². The lowest BCUT2D eigenvalue weighted by Gasteiger charge is -2.17. The predicted molar refractivity (Wildman–Crippen MR) is 107 cm³/mol. The SMILES string of the molecule is CC(C)c1cccc(C(C)C)c1N=C1C[C@@H](C)c2c(Cl)ccc(O)c21. The molecule has 3 rings (SSSR count). The monoisotopic (exact) mass is 355 g/mol. The lowest BCUT2D eigenvalue weighted by molar-refractivity contribution is 0.474. The molecular weight excluding hydrogens is 330 g/mol. The highest BCUT2D eigenvalue weighted by Crippen LogP contribution is 2.44. The van der Waals surface area contributed by atoms with E-state index in [9.17, 15) is 5.11 Å². The molecule has 0 saturated carbocycles. The van der Waals surface area contributed by atoms with Crippen molar-refractivity contribution in [2.75, 3.05) is 0 Å². The summed E-state index contributed by atoms with van der Waals surface area (Å²) in [6, 6.07) is 9.89. The zero-order chi connectivity index (χ0) is 18.3. The Morgan fingerprint density at radius 1 is 1.04 bits per heavy atom. The molecule has 2 aromatic carbocycles. The first-order valence-corrected chi connectivity index (χ1v) is 9.41. The fourth-order valence-electron chi connectivity index (χ4n) is 3.74. The maximum atomic E-state index is 10.4. The van der Waals surface area contributed by atoms with Crippen molar-refractivity contribution in [3.8, 4) is 5.75 Å². The number of phenols is 1. The van der Waals surface area contributed by atoms with Gasteiger partial charge in [0, 0.05) is 10.6 Å². The molecule has 0 unspecified atom stereocenters. The van der Waals surface area contributed by atoms with Crippen LogP contribution in [0.4, 0.5) is 5.69 Å². The van der Waals surface area contributed by atoms with Crippen molar-refractivity contribution in [2.45, 2.75) is 58.8 Å². The summed E-state index contributed by atoms with van der Waals surface area (Å²) in [4.78, 5) is 5.09. The molecule has 0 aliphatic heterocycles. The van der Waals surface area contributed by atoms with Crippen LogP contribution >= 0.6 is 11.6 Å². The third kappa shape index (κ3) is 3.20. The van der Waals surface area contributed by atoms with Gasteiger partial charge in [-0.1, -0.05) is 64.4 Å². The van der Waals surface area contributed by atoms with E-state index < -0.39 is 0 Å². The molecule has 0 radical (unpaired) electrons. The van der Waals surface area contributed by atoms with Gasteiger partial charge in [-0.15, -0.1) is 0 Å². The number of aromatic hydroxyl groups is 1. The van der Waals surface area contributed by atoms with E-state index in [0.29, 0.717) is 16.9 Å². The Morgan fingerprint density at radius 2 is 1.64 bits per heavy atom. The van der Waals surface area contributed by atoms with Gasteiger partial charge < -0.3 is 5.11 Å². The lowest BCUT2D eigenvalue weighted by Crippen LogP contribution is -2.00. The second-order valence-electron chi connectivity index (χ2n) is 7.61. The second kappa shape index (κ2) is 6.84. The van der Waals surface area contributed by atoms with Gasteiger partial charge in [-0.25, -0.2) is 0 Å². The molecule has 25 heavy (non-hydrogen) atoms. The molecule has 0 heterocycles. The number of halogens is 1. The van der Waals surface area contributed by atoms with E-state index in [-0.39, 0.29) is 11.7 Å². The maximum absolute atomic E-state index is 10.4. The van der Waals surface area contributed by atoms with Gasteiger partial charge in [-0.2, -0.15) is 0 Å². The molecule has 132 valence electrons. The summed E-state index contributed by atoms with van der Waals surface area (Å²) in [5, 5.41) is 11.2. The average Bonchev–Trinajstić information content (AvgIpc) is 2.88. The molecule has 3 heteroatoms. The first-order valence-electron chi connectivity index (χ1n) is 9.03. The van der Waals surface area contributed by atoms with Gasteiger partial charge in [-0.3, -0.25) is 4.99 Å². The molecule has 0 amide bonds. The molecule has 1 N–H and O–H groups in total. The Morgan fingerprint density at radius 3 is 2.20 bits per heavy atom. The number of hydrogen-bond acceptors (Lipinski definition) is 2. The highest BCUT2D eigenvalue weighted by atomic mass is 35.5. The van der Waals surface area contributed by atoms with Crippen molar-refractivity contribution >= 4 is 23.0 Å². The van der Waals surface area contributed by atoms with Crippen molar-refractivity contribution in [1.82, 2.24) is 0 Å². The van der Waals surface area contributed by atoms with Gasteiger partial charge in [0.25, 0.3) is 0 Å². The highest BCUT2D eigenvalue weighted by Gasteiger charge is 2.30. The number of fused-ring (bicyclic) bond motifs is 1. The van der Waals surface area contributed by atoms with Crippen molar-refractivity contribution in [3.05, 3.63) is 57.6 Å². The van der Waals surface area contributed by atoms with Crippen LogP contribution in [-0.2, 0) is 0 Å². The Hall–Kier alpha value is -1.80. The number of rotatable bonds is 3. The zero-order valence-corrected chi connectivity index (χ0v) is 16.4. The van der Waals surface area contributed by atoms with E-state index in [1.807, 2.05) is 0 Å². The number of phenolic OH excluding ortho intramolecular Hbond substituents is 1. The van der Waals surface area contributed by atoms with E-state index in [2.05, 4.69) is 52.8 Å². The highest BCUT2D eigenvalue weighted by molar-refractivity contribution is 6.32. The molecule has 0 aromatic heterocycles. The minimum absolute atomic E-state index is 0.266. The van der Waals surface area contributed by atoms with Gasteiger partial charge in [0.15, 0.2) is 0 Å². The number of para-hydroxylation sites is 1. The fraction of sp³-hybridized carbons (Fsp3) is 0.409. The number of hydrogen-bond donors (Lipinski definition) is 1. The van der Waals surface area contributed by atoms with Crippen LogP contribution < -0.4 is 0 Å². The molecule has 2 nitrogen and oxygen atoms in total. The number of benzene rings is 2. The van der Waals surface area contributed by atoms with Gasteiger partial charge >= 0.3 is 0 Å². The van der Waals surface area contributed by atoms with Crippen LogP contribution in [0, 0.1) is 0 Å². The van der Waals surface area contributed by atoms with Gasteiger partial charge in [0.1, 0.15) is 5.75 Å². The van der Waals surface area contributed by atoms with Crippen molar-refractivity contribution in [3.63, 3.8) is 0 Å². The predicted octanol–water partition coefficient (Wildman–Crippen LogP) is 6.92. The third-order valence-corrected chi connectivity index (χ3v) is 5.37. The summed E-state index contributed by atoms with van der Waals surface area (Å²) in [5.41, 5.74) is 6.35. The normalized spacial score (nSPS) is 18.4. The minimum Gasteiger partial charge on any atom is -0.507 e. The number of nitrogens with zero attached hydrogens (tertiary/aromatic N) is 1. The molecule has 2 aromatic rings. The van der Waals surface area contributed by atoms with Crippen LogP contribution in [-0.4, -0.2) is 10.8 Å². The second-order valence-corrected chi connectivity index (χ2v) is 8.02. The van der Waals surface area contributed by atoms with Crippen LogP contribution in [0.2, 0.25) is 5.02 Å². The zero-order valence-electron chi connectivity index (χ0n) is 15.6. The topological polar surface area (TPSA) is 32.6 Å². The van der Waals surface area contributed by atoms with E-state index in [0.717, 1.165) is 28.9 Å². The van der Waals surface area contributed by atoms with Crippen LogP contribution in [0.15, 0.2) is 35.3 Å². The average molecular weight is 356 g/mol. The Kier molecular flexibility index (Phi) is 4.92. The largest absolute Gasteiger partial charge is 0.507 e. The van der Waals surface area contributed by atoms with Gasteiger partial charge in [0.2, 0.25) is 0 Å². The van der Waals surface area contributed by atoms with Crippen LogP contribution in [0.1, 0.15) is 81.0 Å². The fourth-order valence-corrected chi connectivity index (χ4v) is 4.08. The smallest absolute Gasteiger partial charge is 0.125 e. The first-order chi connectivity index (χ1) is 11.8. The third-order valence-electron chi connectivity index (χ3n) is 5.04. The van der Waals surface area contributed by atoms with Gasteiger partial charge in [0.05, 0.1) is 11.4 Å². The molecule has 0 fully saturated rings. The minimum atomic E-state index is 0.266. The van der Waals surface area contributed by atoms with Crippen molar-refractivity contribution < 1.29 is 5.11 Å². The molecule has 0 saturated heterocycles. The van der Waals surface area contributed by atoms with Crippen LogP contribution in [0.5, 0.6) is 5.75 Å². The van der Waals surface area contributed by atoms with Crippen LogP contribution in [0.3, 0.4) is 0 Å². The molecule has 1 aliphatic carbocycles. The molecule has 0 bridgehead atoms. The van der Waals surface area contributed by atoms with E-state index >= 15 is 0 Å². The number of aliphatic imine (C=N–C) groups is 1. The Balaban J connectivity index is 2.24. The summed E-state index contributed by atoms with van der Waals surface area (Å²) >= 11 is 6.40. The summed E-state index contributed by atoms with van der Waals surface area (Å²) in [6.07, 6.45) is 0.802. The van der Waals surface area contributed by atoms with E-state index in [1.165, 1.54) is 11.1 Å². The lowest BCUT2D eigenvalue weighted by atomic mass is 9.92. The Bertz CT molecular complexity index is 810. The van der Waals surface area contributed by atoms with Crippen molar-refractivity contribution in [2.24, 2.45) is 4.99 Å². The van der Waals surface area contributed by atoms with Crippen LogP contribution in [0.25, 0.3) is 0 Å². The van der Waals surface area contributed by atoms with Gasteiger partial charge in [-0.05, 0) is 53.0 Å². The summed E-state index contributed by atoms with van der Waals surface area (Å²) in [7, 11) is 0. The quantitative estimate of drug-likeness (QED) is 0.636. The maximum Gasteiger partial charge on any atom is 0.125 e. The standard InChI is InChI=1S/C22H26ClNO/c1-12(2)15-7-6-8-16(13(3)4)22(15)24-18-11-14(5)20-17(23)9-10-19(25)21(18)20/h6-10,12-14,25H,11H2,1-5H3/t14-/m1/s1. The van der Waals surface area contributed by atoms with E-state index in [4.69, 9.17) is 16.6 Å². The molecule has 0 spiro atoms.